The lowest BCUT2D eigenvalue weighted by molar-refractivity contribution is 0.654. The van der Waals surface area contributed by atoms with Gasteiger partial charge in [-0.25, -0.2) is 4.98 Å². The Hall–Kier alpha value is -4.69. The van der Waals surface area contributed by atoms with Crippen LogP contribution in [0.1, 0.15) is 17.5 Å². The largest absolute Gasteiger partial charge is 0.438 e. The second-order valence-corrected chi connectivity index (χ2v) is 9.89. The van der Waals surface area contributed by atoms with Gasteiger partial charge in [-0.2, -0.15) is 0 Å². The summed E-state index contributed by atoms with van der Waals surface area (Å²) in [7, 11) is 0. The van der Waals surface area contributed by atoms with Crippen molar-refractivity contribution >= 4 is 49.7 Å². The lowest BCUT2D eigenvalue weighted by atomic mass is 9.85. The number of furan rings is 1. The Morgan fingerprint density at radius 3 is 2.22 bits per heavy atom. The van der Waals surface area contributed by atoms with Crippen LogP contribution in [0.15, 0.2) is 114 Å². The van der Waals surface area contributed by atoms with Crippen LogP contribution in [-0.2, 0) is 6.42 Å². The van der Waals surface area contributed by atoms with E-state index in [2.05, 4.69) is 108 Å². The van der Waals surface area contributed by atoms with Gasteiger partial charge in [0.15, 0.2) is 0 Å². The average Bonchev–Trinajstić information content (AvgIpc) is 3.35. The predicted molar refractivity (Wildman–Crippen MR) is 155 cm³/mol. The fourth-order valence-electron chi connectivity index (χ4n) is 6.03. The second kappa shape index (κ2) is 7.91. The molecule has 0 amide bonds. The van der Waals surface area contributed by atoms with E-state index in [-0.39, 0.29) is 0 Å². The van der Waals surface area contributed by atoms with Gasteiger partial charge in [0.25, 0.3) is 0 Å². The molecule has 1 aliphatic carbocycles. The normalized spacial score (nSPS) is 13.1. The average molecular weight is 474 g/mol. The first kappa shape index (κ1) is 20.5. The molecule has 0 spiro atoms. The van der Waals surface area contributed by atoms with Crippen LogP contribution in [-0.4, -0.2) is 4.98 Å². The quantitative estimate of drug-likeness (QED) is 0.234. The maximum absolute atomic E-state index is 5.94. The molecule has 0 unspecified atom stereocenters. The van der Waals surface area contributed by atoms with E-state index < -0.39 is 0 Å². The molecule has 174 valence electrons. The van der Waals surface area contributed by atoms with Crippen LogP contribution in [0.3, 0.4) is 0 Å². The summed E-state index contributed by atoms with van der Waals surface area (Å²) in [5, 5.41) is 7.54. The van der Waals surface area contributed by atoms with E-state index in [9.17, 15) is 0 Å². The van der Waals surface area contributed by atoms with E-state index in [0.717, 1.165) is 29.2 Å². The van der Waals surface area contributed by atoms with Crippen LogP contribution in [0.2, 0.25) is 0 Å². The Labute approximate surface area is 214 Å². The van der Waals surface area contributed by atoms with Gasteiger partial charge in [0, 0.05) is 17.0 Å². The van der Waals surface area contributed by atoms with Crippen molar-refractivity contribution in [1.29, 1.82) is 0 Å². The van der Waals surface area contributed by atoms with Crippen molar-refractivity contribution in [3.8, 4) is 22.3 Å². The molecule has 0 N–H and O–H groups in total. The maximum Gasteiger partial charge on any atom is 0.227 e. The van der Waals surface area contributed by atoms with Gasteiger partial charge in [-0.3, -0.25) is 0 Å². The number of benzene rings is 5. The molecule has 2 nitrogen and oxygen atoms in total. The Bertz CT molecular complexity index is 2040. The van der Waals surface area contributed by atoms with Gasteiger partial charge in [-0.05, 0) is 104 Å². The summed E-state index contributed by atoms with van der Waals surface area (Å²) < 4.78 is 5.94. The van der Waals surface area contributed by atoms with Crippen molar-refractivity contribution in [3.63, 3.8) is 0 Å². The molecule has 0 saturated heterocycles. The first-order valence-electron chi connectivity index (χ1n) is 12.9. The molecule has 0 radical (unpaired) electrons. The first-order chi connectivity index (χ1) is 18.3. The summed E-state index contributed by atoms with van der Waals surface area (Å²) in [6.07, 6.45) is 8.62. The molecule has 0 fully saturated rings. The van der Waals surface area contributed by atoms with Crippen molar-refractivity contribution in [3.05, 3.63) is 120 Å². The Kier molecular flexibility index (Phi) is 4.38. The standard InChI is InChI=1S/C35H23NO/c1-2-11-28-26(9-1)27-10-3-4-12-29(27)32-20-24(14-16-30(28)32)22-7-5-8-23(19-22)25-15-17-34-33(21-25)31-13-6-18-36-35(31)37-34/h2-8,10-21H,1,9H2. The molecule has 0 saturated carbocycles. The SMILES string of the molecule is C1=Cc2c(c3ccccc3c3cc(-c4cccc(-c5ccc6oc7ncccc7c6c5)c4)ccc23)CC1. The molecule has 2 aromatic heterocycles. The summed E-state index contributed by atoms with van der Waals surface area (Å²) in [6, 6.07) is 35.1. The maximum atomic E-state index is 5.94. The Balaban J connectivity index is 1.29. The van der Waals surface area contributed by atoms with Crippen LogP contribution < -0.4 is 0 Å². The highest BCUT2D eigenvalue weighted by Crippen LogP contribution is 2.39. The van der Waals surface area contributed by atoms with Gasteiger partial charge >= 0.3 is 0 Å². The van der Waals surface area contributed by atoms with E-state index in [4.69, 9.17) is 4.42 Å². The fraction of sp³-hybridized carbons (Fsp3) is 0.0571. The number of pyridine rings is 1. The van der Waals surface area contributed by atoms with Gasteiger partial charge in [-0.1, -0.05) is 72.8 Å². The molecular formula is C35H23NO. The van der Waals surface area contributed by atoms with Crippen LogP contribution in [0, 0.1) is 0 Å². The third-order valence-electron chi connectivity index (χ3n) is 7.80. The summed E-state index contributed by atoms with van der Waals surface area (Å²) >= 11 is 0. The molecule has 2 heteroatoms. The van der Waals surface area contributed by atoms with Crippen molar-refractivity contribution < 1.29 is 4.42 Å². The van der Waals surface area contributed by atoms with E-state index in [1.54, 1.807) is 6.20 Å². The first-order valence-corrected chi connectivity index (χ1v) is 12.9. The molecule has 5 aromatic carbocycles. The number of hydrogen-bond acceptors (Lipinski definition) is 2. The highest BCUT2D eigenvalue weighted by atomic mass is 16.3. The zero-order valence-corrected chi connectivity index (χ0v) is 20.2. The summed E-state index contributed by atoms with van der Waals surface area (Å²) in [6.45, 7) is 0. The highest BCUT2D eigenvalue weighted by molar-refractivity contribution is 6.14. The number of aromatic nitrogens is 1. The third kappa shape index (κ3) is 3.16. The van der Waals surface area contributed by atoms with Gasteiger partial charge in [0.2, 0.25) is 5.71 Å². The topological polar surface area (TPSA) is 26.0 Å². The lowest BCUT2D eigenvalue weighted by Gasteiger charge is -2.18. The van der Waals surface area contributed by atoms with Crippen LogP contribution in [0.25, 0.3) is 71.9 Å². The van der Waals surface area contributed by atoms with Gasteiger partial charge in [0.1, 0.15) is 5.58 Å². The van der Waals surface area contributed by atoms with E-state index in [1.165, 1.54) is 54.9 Å². The smallest absolute Gasteiger partial charge is 0.227 e. The number of fused-ring (bicyclic) bond motifs is 9. The van der Waals surface area contributed by atoms with Crippen molar-refractivity contribution in [2.24, 2.45) is 0 Å². The Morgan fingerprint density at radius 1 is 0.568 bits per heavy atom. The molecule has 8 rings (SSSR count). The van der Waals surface area contributed by atoms with Crippen LogP contribution in [0.4, 0.5) is 0 Å². The minimum absolute atomic E-state index is 0.684. The minimum Gasteiger partial charge on any atom is -0.438 e. The molecular weight excluding hydrogens is 450 g/mol. The van der Waals surface area contributed by atoms with Crippen LogP contribution in [0.5, 0.6) is 0 Å². The lowest BCUT2D eigenvalue weighted by Crippen LogP contribution is -1.97. The van der Waals surface area contributed by atoms with Crippen molar-refractivity contribution in [1.82, 2.24) is 4.98 Å². The van der Waals surface area contributed by atoms with Crippen molar-refractivity contribution in [2.45, 2.75) is 12.8 Å². The predicted octanol–water partition coefficient (Wildman–Crippen LogP) is 9.58. The minimum atomic E-state index is 0.684. The molecule has 0 atom stereocenters. The van der Waals surface area contributed by atoms with E-state index in [0.29, 0.717) is 5.71 Å². The monoisotopic (exact) mass is 473 g/mol. The fourth-order valence-corrected chi connectivity index (χ4v) is 6.03. The van der Waals surface area contributed by atoms with Crippen LogP contribution >= 0.6 is 0 Å². The molecule has 2 heterocycles. The van der Waals surface area contributed by atoms with Gasteiger partial charge < -0.3 is 4.42 Å². The Morgan fingerprint density at radius 2 is 1.32 bits per heavy atom. The molecule has 1 aliphatic rings. The third-order valence-corrected chi connectivity index (χ3v) is 7.80. The summed E-state index contributed by atoms with van der Waals surface area (Å²) in [5.41, 5.74) is 9.24. The number of hydrogen-bond donors (Lipinski definition) is 0. The van der Waals surface area contributed by atoms with E-state index >= 15 is 0 Å². The molecule has 0 aliphatic heterocycles. The van der Waals surface area contributed by atoms with E-state index in [1.807, 2.05) is 6.07 Å². The number of allylic oxidation sites excluding steroid dienone is 1. The molecule has 37 heavy (non-hydrogen) atoms. The summed E-state index contributed by atoms with van der Waals surface area (Å²) in [4.78, 5) is 4.38. The van der Waals surface area contributed by atoms with Gasteiger partial charge in [0.05, 0.1) is 0 Å². The zero-order chi connectivity index (χ0) is 24.3. The highest BCUT2D eigenvalue weighted by Gasteiger charge is 2.15. The van der Waals surface area contributed by atoms with Gasteiger partial charge in [-0.15, -0.1) is 0 Å². The number of nitrogens with zero attached hydrogens (tertiary/aromatic N) is 1. The van der Waals surface area contributed by atoms with Crippen molar-refractivity contribution in [2.75, 3.05) is 0 Å². The number of rotatable bonds is 2. The zero-order valence-electron chi connectivity index (χ0n) is 20.2. The second-order valence-electron chi connectivity index (χ2n) is 9.89. The molecule has 7 aromatic rings. The molecule has 0 bridgehead atoms. The summed E-state index contributed by atoms with van der Waals surface area (Å²) in [5.74, 6) is 0. The number of aryl methyl sites for hydroxylation is 1.